The van der Waals surface area contributed by atoms with Gasteiger partial charge >= 0.3 is 6.09 Å². The predicted molar refractivity (Wildman–Crippen MR) is 117 cm³/mol. The summed E-state index contributed by atoms with van der Waals surface area (Å²) in [6.45, 7) is 7.14. The summed E-state index contributed by atoms with van der Waals surface area (Å²) in [7, 11) is 0. The molecule has 2 amide bonds. The molecule has 0 aromatic carbocycles. The number of carbonyl (C=O) groups is 2. The Morgan fingerprint density at radius 1 is 1.23 bits per heavy atom. The Labute approximate surface area is 186 Å². The lowest BCUT2D eigenvalue weighted by Crippen LogP contribution is -2.42. The highest BCUT2D eigenvalue weighted by Crippen LogP contribution is 2.35. The zero-order valence-corrected chi connectivity index (χ0v) is 19.1. The molecule has 1 aliphatic carbocycles. The number of hydrogen-bond acceptors (Lipinski definition) is 5. The fraction of sp³-hybridized carbons (Fsp3) is 0.619. The van der Waals surface area contributed by atoms with Gasteiger partial charge in [0, 0.05) is 31.4 Å². The van der Waals surface area contributed by atoms with Gasteiger partial charge in [-0.2, -0.15) is 5.10 Å². The molecule has 10 heteroatoms. The van der Waals surface area contributed by atoms with Crippen molar-refractivity contribution in [2.45, 2.75) is 70.7 Å². The number of hydrogen-bond donors (Lipinski definition) is 2. The second-order valence-electron chi connectivity index (χ2n) is 9.23. The molecule has 2 aliphatic rings. The zero-order chi connectivity index (χ0) is 22.2. The lowest BCUT2D eigenvalue weighted by atomic mass is 10.0. The van der Waals surface area contributed by atoms with E-state index in [-0.39, 0.29) is 18.0 Å². The van der Waals surface area contributed by atoms with Crippen LogP contribution in [0.15, 0.2) is 18.3 Å². The van der Waals surface area contributed by atoms with Gasteiger partial charge in [0.05, 0.1) is 6.54 Å². The number of aromatic amines is 1. The molecule has 4 rings (SSSR count). The second-order valence-corrected chi connectivity index (χ2v) is 9.61. The maximum absolute atomic E-state index is 12.9. The van der Waals surface area contributed by atoms with Gasteiger partial charge in [-0.25, -0.2) is 4.79 Å². The first-order valence-corrected chi connectivity index (χ1v) is 11.2. The van der Waals surface area contributed by atoms with Crippen molar-refractivity contribution in [3.63, 3.8) is 0 Å². The van der Waals surface area contributed by atoms with Crippen LogP contribution in [0.1, 0.15) is 74.9 Å². The quantitative estimate of drug-likeness (QED) is 0.684. The van der Waals surface area contributed by atoms with Crippen LogP contribution < -0.4 is 5.32 Å². The molecule has 31 heavy (non-hydrogen) atoms. The fourth-order valence-electron chi connectivity index (χ4n) is 3.98. The summed E-state index contributed by atoms with van der Waals surface area (Å²) < 4.78 is 10.1. The molecule has 0 spiro atoms. The number of likely N-dealkylation sites (tertiary alicyclic amines) is 1. The summed E-state index contributed by atoms with van der Waals surface area (Å²) in [5.74, 6) is 0.612. The Kier molecular flexibility index (Phi) is 5.92. The molecular formula is C21H30N6O3S. The minimum absolute atomic E-state index is 0.143. The van der Waals surface area contributed by atoms with Crippen LogP contribution in [0.5, 0.6) is 0 Å². The summed E-state index contributed by atoms with van der Waals surface area (Å²) in [6, 6.07) is 4.27. The maximum atomic E-state index is 12.9. The Morgan fingerprint density at radius 2 is 1.94 bits per heavy atom. The first-order valence-electron chi connectivity index (χ1n) is 10.8. The number of ether oxygens (including phenoxy) is 1. The minimum atomic E-state index is -0.502. The third kappa shape index (κ3) is 5.00. The molecule has 0 bridgehead atoms. The normalized spacial score (nSPS) is 17.6. The van der Waals surface area contributed by atoms with E-state index in [1.807, 2.05) is 48.2 Å². The smallest absolute Gasteiger partial charge is 0.410 e. The molecule has 1 saturated carbocycles. The highest BCUT2D eigenvalue weighted by molar-refractivity contribution is 7.71. The number of nitrogens with one attached hydrogen (secondary N) is 2. The molecule has 9 nitrogen and oxygen atoms in total. The Bertz CT molecular complexity index is 1000. The second kappa shape index (κ2) is 8.49. The van der Waals surface area contributed by atoms with E-state index >= 15 is 0 Å². The minimum Gasteiger partial charge on any atom is -0.444 e. The highest BCUT2D eigenvalue weighted by Gasteiger charge is 2.29. The van der Waals surface area contributed by atoms with Gasteiger partial charge in [-0.15, -0.1) is 0 Å². The molecule has 2 aromatic heterocycles. The monoisotopic (exact) mass is 446 g/mol. The number of piperidine rings is 1. The summed E-state index contributed by atoms with van der Waals surface area (Å²) in [5, 5.41) is 10.1. The molecule has 2 fully saturated rings. The average Bonchev–Trinajstić information content (AvgIpc) is 3.29. The van der Waals surface area contributed by atoms with Crippen LogP contribution in [0, 0.1) is 4.77 Å². The van der Waals surface area contributed by atoms with Crippen LogP contribution in [0.25, 0.3) is 0 Å². The van der Waals surface area contributed by atoms with E-state index < -0.39 is 5.60 Å². The number of carbonyl (C=O) groups excluding carboxylic acids is 2. The van der Waals surface area contributed by atoms with Gasteiger partial charge in [-0.3, -0.25) is 14.5 Å². The number of amides is 2. The summed E-state index contributed by atoms with van der Waals surface area (Å²) in [4.78, 5) is 26.9. The Hall–Kier alpha value is -2.62. The van der Waals surface area contributed by atoms with Crippen molar-refractivity contribution in [1.29, 1.82) is 0 Å². The van der Waals surface area contributed by atoms with E-state index in [1.165, 1.54) is 0 Å². The predicted octanol–water partition coefficient (Wildman–Crippen LogP) is 3.58. The van der Waals surface area contributed by atoms with Gasteiger partial charge in [-0.05, 0) is 70.8 Å². The van der Waals surface area contributed by atoms with Gasteiger partial charge in [0.25, 0.3) is 5.91 Å². The van der Waals surface area contributed by atoms with Crippen LogP contribution in [0.3, 0.4) is 0 Å². The summed E-state index contributed by atoms with van der Waals surface area (Å²) >= 11 is 5.30. The highest BCUT2D eigenvalue weighted by atomic mass is 32.1. The fourth-order valence-corrected chi connectivity index (χ4v) is 4.28. The van der Waals surface area contributed by atoms with Crippen molar-refractivity contribution in [1.82, 2.24) is 29.5 Å². The molecule has 2 aromatic rings. The lowest BCUT2D eigenvalue weighted by molar-refractivity contribution is 0.0187. The molecule has 168 valence electrons. The Morgan fingerprint density at radius 3 is 2.58 bits per heavy atom. The number of aromatic nitrogens is 4. The first-order chi connectivity index (χ1) is 14.7. The zero-order valence-electron chi connectivity index (χ0n) is 18.3. The van der Waals surface area contributed by atoms with Crippen LogP contribution in [-0.4, -0.2) is 54.9 Å². The van der Waals surface area contributed by atoms with E-state index in [9.17, 15) is 9.59 Å². The van der Waals surface area contributed by atoms with Gasteiger partial charge in [0.2, 0.25) is 0 Å². The van der Waals surface area contributed by atoms with Crippen molar-refractivity contribution >= 4 is 24.2 Å². The molecule has 1 saturated heterocycles. The average molecular weight is 447 g/mol. The Balaban J connectivity index is 1.35. The number of rotatable bonds is 5. The third-order valence-electron chi connectivity index (χ3n) is 5.62. The SMILES string of the molecule is CC(C)(C)OC(=O)N1CCC(n2cccc2C(=O)NCc2n[nH]c(=S)n2C2CC2)CC1. The van der Waals surface area contributed by atoms with Crippen molar-refractivity contribution in [3.8, 4) is 0 Å². The molecule has 0 radical (unpaired) electrons. The molecule has 0 unspecified atom stereocenters. The molecule has 0 atom stereocenters. The van der Waals surface area contributed by atoms with Crippen LogP contribution in [0.2, 0.25) is 0 Å². The van der Waals surface area contributed by atoms with E-state index in [4.69, 9.17) is 17.0 Å². The van der Waals surface area contributed by atoms with Crippen molar-refractivity contribution in [2.24, 2.45) is 0 Å². The number of nitrogens with zero attached hydrogens (tertiary/aromatic N) is 4. The van der Waals surface area contributed by atoms with E-state index in [0.717, 1.165) is 31.5 Å². The molecular weight excluding hydrogens is 416 g/mol. The lowest BCUT2D eigenvalue weighted by Gasteiger charge is -2.34. The van der Waals surface area contributed by atoms with Gasteiger partial charge < -0.3 is 19.5 Å². The summed E-state index contributed by atoms with van der Waals surface area (Å²) in [5.41, 5.74) is 0.111. The van der Waals surface area contributed by atoms with Crippen molar-refractivity contribution in [2.75, 3.05) is 13.1 Å². The van der Waals surface area contributed by atoms with E-state index in [0.29, 0.717) is 36.1 Å². The van der Waals surface area contributed by atoms with Crippen LogP contribution in [0.4, 0.5) is 4.79 Å². The standard InChI is InChI=1S/C21H30N6O3S/c1-21(2,3)30-20(29)25-11-8-14(9-12-25)26-10-4-5-16(26)18(28)22-13-17-23-24-19(31)27(17)15-6-7-15/h4-5,10,14-15H,6-9,11-13H2,1-3H3,(H,22,28)(H,24,31). The van der Waals surface area contributed by atoms with Crippen LogP contribution in [-0.2, 0) is 11.3 Å². The largest absolute Gasteiger partial charge is 0.444 e. The molecule has 2 N–H and O–H groups in total. The van der Waals surface area contributed by atoms with E-state index in [2.05, 4.69) is 15.5 Å². The topological polar surface area (TPSA) is 97.2 Å². The van der Waals surface area contributed by atoms with Crippen molar-refractivity contribution < 1.29 is 14.3 Å². The van der Waals surface area contributed by atoms with Gasteiger partial charge in [0.1, 0.15) is 11.3 Å². The first kappa shape index (κ1) is 21.6. The molecule has 1 aliphatic heterocycles. The van der Waals surface area contributed by atoms with Gasteiger partial charge in [0.15, 0.2) is 10.6 Å². The number of H-pyrrole nitrogens is 1. The third-order valence-corrected chi connectivity index (χ3v) is 5.91. The van der Waals surface area contributed by atoms with Crippen molar-refractivity contribution in [3.05, 3.63) is 34.6 Å². The van der Waals surface area contributed by atoms with Gasteiger partial charge in [-0.1, -0.05) is 0 Å². The van der Waals surface area contributed by atoms with E-state index in [1.54, 1.807) is 4.90 Å². The molecule has 3 heterocycles. The van der Waals surface area contributed by atoms with Crippen LogP contribution >= 0.6 is 12.2 Å². The maximum Gasteiger partial charge on any atom is 0.410 e. The summed E-state index contributed by atoms with van der Waals surface area (Å²) in [6.07, 6.45) is 5.39.